The van der Waals surface area contributed by atoms with Crippen molar-refractivity contribution in [1.82, 2.24) is 0 Å². The van der Waals surface area contributed by atoms with Crippen LogP contribution < -0.4 is 4.74 Å². The summed E-state index contributed by atoms with van der Waals surface area (Å²) in [6, 6.07) is 10.0. The van der Waals surface area contributed by atoms with Crippen LogP contribution in [0.2, 0.25) is 0 Å². The summed E-state index contributed by atoms with van der Waals surface area (Å²) >= 11 is 3.24. The summed E-state index contributed by atoms with van der Waals surface area (Å²) in [4.78, 5) is 12.1. The highest BCUT2D eigenvalue weighted by Crippen LogP contribution is 2.22. The molecular weight excluding hydrogens is 323 g/mol. The molecule has 0 atom stereocenters. The summed E-state index contributed by atoms with van der Waals surface area (Å²) in [5.41, 5.74) is 2.51. The predicted molar refractivity (Wildman–Crippen MR) is 79.8 cm³/mol. The van der Waals surface area contributed by atoms with E-state index in [1.807, 2.05) is 32.0 Å². The summed E-state index contributed by atoms with van der Waals surface area (Å²) in [5, 5.41) is 0. The lowest BCUT2D eigenvalue weighted by Crippen LogP contribution is -2.13. The van der Waals surface area contributed by atoms with Crippen LogP contribution in [-0.4, -0.2) is 12.4 Å². The van der Waals surface area contributed by atoms with Gasteiger partial charge in [0.1, 0.15) is 0 Å². The third-order valence-corrected chi connectivity index (χ3v) is 3.44. The van der Waals surface area contributed by atoms with Crippen molar-refractivity contribution >= 4 is 21.7 Å². The zero-order valence-corrected chi connectivity index (χ0v) is 12.8. The number of hydrogen-bond donors (Lipinski definition) is 0. The summed E-state index contributed by atoms with van der Waals surface area (Å²) in [6.07, 6.45) is 0. The maximum Gasteiger partial charge on any atom is 0.200 e. The lowest BCUT2D eigenvalue weighted by atomic mass is 10.0. The summed E-state index contributed by atoms with van der Waals surface area (Å²) in [6.45, 7) is 3.61. The van der Waals surface area contributed by atoms with E-state index in [9.17, 15) is 9.18 Å². The minimum Gasteiger partial charge on any atom is -0.482 e. The van der Waals surface area contributed by atoms with Gasteiger partial charge in [-0.05, 0) is 43.7 Å². The first-order valence-electron chi connectivity index (χ1n) is 6.15. The fourth-order valence-corrected chi connectivity index (χ4v) is 2.19. The van der Waals surface area contributed by atoms with Gasteiger partial charge in [0.2, 0.25) is 0 Å². The fourth-order valence-electron chi connectivity index (χ4n) is 1.85. The number of benzene rings is 2. The fraction of sp³-hybridized carbons (Fsp3) is 0.188. The molecule has 2 aromatic rings. The van der Waals surface area contributed by atoms with Gasteiger partial charge in [0.05, 0.1) is 0 Å². The van der Waals surface area contributed by atoms with Crippen molar-refractivity contribution < 1.29 is 13.9 Å². The highest BCUT2D eigenvalue weighted by atomic mass is 79.9. The molecule has 0 radical (unpaired) electrons. The quantitative estimate of drug-likeness (QED) is 0.770. The molecule has 2 aromatic carbocycles. The van der Waals surface area contributed by atoms with Gasteiger partial charge >= 0.3 is 0 Å². The Balaban J connectivity index is 2.12. The van der Waals surface area contributed by atoms with Gasteiger partial charge < -0.3 is 4.74 Å². The number of aryl methyl sites for hydroxylation is 2. The van der Waals surface area contributed by atoms with Gasteiger partial charge in [0.25, 0.3) is 0 Å². The molecule has 0 aliphatic rings. The van der Waals surface area contributed by atoms with Crippen LogP contribution in [0.25, 0.3) is 0 Å². The van der Waals surface area contributed by atoms with E-state index in [1.54, 1.807) is 6.07 Å². The molecule has 0 N–H and O–H groups in total. The predicted octanol–water partition coefficient (Wildman–Crippen LogP) is 4.47. The number of carbonyl (C=O) groups is 1. The normalized spacial score (nSPS) is 10.4. The van der Waals surface area contributed by atoms with Crippen LogP contribution in [0.1, 0.15) is 21.5 Å². The SMILES string of the molecule is Cc1ccc(C)c(C(=O)COc2cc(Br)ccc2F)c1. The first kappa shape index (κ1) is 14.7. The van der Waals surface area contributed by atoms with E-state index in [0.29, 0.717) is 10.0 Å². The second-order valence-corrected chi connectivity index (χ2v) is 5.52. The van der Waals surface area contributed by atoms with Crippen molar-refractivity contribution in [2.45, 2.75) is 13.8 Å². The van der Waals surface area contributed by atoms with E-state index in [0.717, 1.165) is 11.1 Å². The van der Waals surface area contributed by atoms with Crippen molar-refractivity contribution in [3.8, 4) is 5.75 Å². The Labute approximate surface area is 125 Å². The van der Waals surface area contributed by atoms with Crippen molar-refractivity contribution in [1.29, 1.82) is 0 Å². The zero-order valence-electron chi connectivity index (χ0n) is 11.2. The van der Waals surface area contributed by atoms with Gasteiger partial charge in [-0.1, -0.05) is 33.6 Å². The molecule has 0 aliphatic heterocycles. The second kappa shape index (κ2) is 6.18. The molecule has 0 saturated carbocycles. The molecule has 0 fully saturated rings. The molecule has 0 heterocycles. The van der Waals surface area contributed by atoms with E-state index in [1.165, 1.54) is 12.1 Å². The van der Waals surface area contributed by atoms with Crippen LogP contribution in [0.4, 0.5) is 4.39 Å². The van der Waals surface area contributed by atoms with Crippen molar-refractivity contribution in [2.24, 2.45) is 0 Å². The van der Waals surface area contributed by atoms with Crippen LogP contribution in [0.15, 0.2) is 40.9 Å². The van der Waals surface area contributed by atoms with Crippen molar-refractivity contribution in [3.63, 3.8) is 0 Å². The Kier molecular flexibility index (Phi) is 4.55. The van der Waals surface area contributed by atoms with Gasteiger partial charge in [0, 0.05) is 10.0 Å². The number of ketones is 1. The van der Waals surface area contributed by atoms with Gasteiger partial charge in [-0.25, -0.2) is 4.39 Å². The number of rotatable bonds is 4. The Morgan fingerprint density at radius 3 is 2.70 bits per heavy atom. The molecular formula is C16H14BrFO2. The highest BCUT2D eigenvalue weighted by molar-refractivity contribution is 9.10. The molecule has 104 valence electrons. The monoisotopic (exact) mass is 336 g/mol. The molecule has 0 aromatic heterocycles. The molecule has 0 amide bonds. The van der Waals surface area contributed by atoms with Crippen molar-refractivity contribution in [2.75, 3.05) is 6.61 Å². The second-order valence-electron chi connectivity index (χ2n) is 4.60. The van der Waals surface area contributed by atoms with Gasteiger partial charge in [-0.15, -0.1) is 0 Å². The van der Waals surface area contributed by atoms with Crippen LogP contribution in [0.3, 0.4) is 0 Å². The number of halogens is 2. The molecule has 2 nitrogen and oxygen atoms in total. The molecule has 0 bridgehead atoms. The van der Waals surface area contributed by atoms with E-state index >= 15 is 0 Å². The minimum atomic E-state index is -0.484. The van der Waals surface area contributed by atoms with Crippen LogP contribution in [-0.2, 0) is 0 Å². The lowest BCUT2D eigenvalue weighted by Gasteiger charge is -2.09. The third-order valence-electron chi connectivity index (χ3n) is 2.95. The molecule has 0 unspecified atom stereocenters. The standard InChI is InChI=1S/C16H14BrFO2/c1-10-3-4-11(2)13(7-10)15(19)9-20-16-8-12(17)5-6-14(16)18/h3-8H,9H2,1-2H3. The first-order chi connectivity index (χ1) is 9.47. The van der Waals surface area contributed by atoms with E-state index in [-0.39, 0.29) is 18.1 Å². The zero-order chi connectivity index (χ0) is 14.7. The Hall–Kier alpha value is -1.68. The Morgan fingerprint density at radius 2 is 1.95 bits per heavy atom. The molecule has 20 heavy (non-hydrogen) atoms. The van der Waals surface area contributed by atoms with E-state index < -0.39 is 5.82 Å². The Morgan fingerprint density at radius 1 is 1.20 bits per heavy atom. The lowest BCUT2D eigenvalue weighted by molar-refractivity contribution is 0.0918. The summed E-state index contributed by atoms with van der Waals surface area (Å²) in [7, 11) is 0. The average Bonchev–Trinajstić information content (AvgIpc) is 2.42. The maximum atomic E-state index is 13.5. The summed E-state index contributed by atoms with van der Waals surface area (Å²) in [5.74, 6) is -0.578. The molecule has 0 spiro atoms. The Bertz CT molecular complexity index is 653. The van der Waals surface area contributed by atoms with Gasteiger partial charge in [0.15, 0.2) is 24.0 Å². The van der Waals surface area contributed by atoms with Crippen LogP contribution in [0.5, 0.6) is 5.75 Å². The molecule has 0 saturated heterocycles. The minimum absolute atomic E-state index is 0.0676. The summed E-state index contributed by atoms with van der Waals surface area (Å²) < 4.78 is 19.5. The topological polar surface area (TPSA) is 26.3 Å². The molecule has 4 heteroatoms. The van der Waals surface area contributed by atoms with Gasteiger partial charge in [-0.3, -0.25) is 4.79 Å². The number of carbonyl (C=O) groups excluding carboxylic acids is 1. The average molecular weight is 337 g/mol. The third kappa shape index (κ3) is 3.45. The number of hydrogen-bond acceptors (Lipinski definition) is 2. The van der Waals surface area contributed by atoms with E-state index in [4.69, 9.17) is 4.74 Å². The van der Waals surface area contributed by atoms with Crippen LogP contribution in [0, 0.1) is 19.7 Å². The highest BCUT2D eigenvalue weighted by Gasteiger charge is 2.12. The molecule has 0 aliphatic carbocycles. The largest absolute Gasteiger partial charge is 0.482 e. The smallest absolute Gasteiger partial charge is 0.200 e. The number of ether oxygens (including phenoxy) is 1. The first-order valence-corrected chi connectivity index (χ1v) is 6.95. The van der Waals surface area contributed by atoms with Crippen molar-refractivity contribution in [3.05, 3.63) is 63.4 Å². The van der Waals surface area contributed by atoms with Crippen LogP contribution >= 0.6 is 15.9 Å². The maximum absolute atomic E-state index is 13.5. The molecule has 2 rings (SSSR count). The number of Topliss-reactive ketones (excluding diaryl/α,β-unsaturated/α-hetero) is 1. The van der Waals surface area contributed by atoms with E-state index in [2.05, 4.69) is 15.9 Å². The van der Waals surface area contributed by atoms with Gasteiger partial charge in [-0.2, -0.15) is 0 Å².